The van der Waals surface area contributed by atoms with Crippen LogP contribution in [-0.4, -0.2) is 5.33 Å². The minimum atomic E-state index is 0.598. The number of alkyl halides is 1. The Morgan fingerprint density at radius 2 is 1.82 bits per heavy atom. The lowest BCUT2D eigenvalue weighted by Crippen LogP contribution is -2.13. The zero-order valence-corrected chi connectivity index (χ0v) is 9.66. The van der Waals surface area contributed by atoms with E-state index in [1.54, 1.807) is 0 Å². The molecule has 1 heteroatoms. The molecule has 0 aromatic carbocycles. The zero-order valence-electron chi connectivity index (χ0n) is 8.08. The molecule has 0 aliphatic heterocycles. The quantitative estimate of drug-likeness (QED) is 0.632. The highest BCUT2D eigenvalue weighted by molar-refractivity contribution is 9.09. The molecule has 0 N–H and O–H groups in total. The van der Waals surface area contributed by atoms with Gasteiger partial charge in [-0.15, -0.1) is 0 Å². The van der Waals surface area contributed by atoms with Crippen LogP contribution in [0.2, 0.25) is 0 Å². The van der Waals surface area contributed by atoms with Crippen molar-refractivity contribution in [1.29, 1.82) is 0 Å². The molecule has 1 aliphatic rings. The third-order valence-corrected chi connectivity index (χ3v) is 4.22. The molecule has 1 fully saturated rings. The van der Waals surface area contributed by atoms with Gasteiger partial charge in [0.05, 0.1) is 0 Å². The highest BCUT2D eigenvalue weighted by Gasteiger charge is 2.59. The van der Waals surface area contributed by atoms with Gasteiger partial charge in [0.25, 0.3) is 0 Å². The van der Waals surface area contributed by atoms with Crippen molar-refractivity contribution in [3.63, 3.8) is 0 Å². The van der Waals surface area contributed by atoms with Crippen molar-refractivity contribution in [3.05, 3.63) is 0 Å². The van der Waals surface area contributed by atoms with Crippen LogP contribution >= 0.6 is 15.9 Å². The molecule has 0 saturated heterocycles. The number of rotatable bonds is 3. The van der Waals surface area contributed by atoms with Crippen molar-refractivity contribution in [2.24, 2.45) is 16.7 Å². The molecule has 0 heterocycles. The second-order valence-corrected chi connectivity index (χ2v) is 5.63. The van der Waals surface area contributed by atoms with Gasteiger partial charge in [-0.2, -0.15) is 0 Å². The summed E-state index contributed by atoms with van der Waals surface area (Å²) in [5, 5.41) is 1.19. The van der Waals surface area contributed by atoms with Crippen molar-refractivity contribution >= 4 is 15.9 Å². The Balaban J connectivity index is 2.53. The van der Waals surface area contributed by atoms with Crippen LogP contribution in [0.5, 0.6) is 0 Å². The van der Waals surface area contributed by atoms with E-state index in [0.717, 1.165) is 5.92 Å². The van der Waals surface area contributed by atoms with Crippen molar-refractivity contribution in [2.45, 2.75) is 40.5 Å². The molecule has 0 spiro atoms. The smallest absolute Gasteiger partial charge is 0.00933 e. The van der Waals surface area contributed by atoms with Crippen LogP contribution in [0.25, 0.3) is 0 Å². The summed E-state index contributed by atoms with van der Waals surface area (Å²) in [6.07, 6.45) is 2.79. The monoisotopic (exact) mass is 218 g/mol. The SMILES string of the molecule is CC(C)CC1(CBr)CC1(C)C. The van der Waals surface area contributed by atoms with Crippen LogP contribution in [0.1, 0.15) is 40.5 Å². The molecule has 1 rings (SSSR count). The molecule has 66 valence electrons. The molecule has 1 unspecified atom stereocenters. The summed E-state index contributed by atoms with van der Waals surface area (Å²) in [5.74, 6) is 0.842. The normalized spacial score (nSPS) is 34.4. The highest BCUT2D eigenvalue weighted by atomic mass is 79.9. The van der Waals surface area contributed by atoms with Crippen LogP contribution in [0.4, 0.5) is 0 Å². The molecule has 0 nitrogen and oxygen atoms in total. The minimum absolute atomic E-state index is 0.598. The van der Waals surface area contributed by atoms with Crippen LogP contribution in [0, 0.1) is 16.7 Å². The summed E-state index contributed by atoms with van der Waals surface area (Å²) >= 11 is 3.64. The fourth-order valence-corrected chi connectivity index (χ4v) is 3.40. The second kappa shape index (κ2) is 2.76. The van der Waals surface area contributed by atoms with E-state index in [9.17, 15) is 0 Å². The molecular weight excluding hydrogens is 200 g/mol. The zero-order chi connectivity index (χ0) is 8.70. The van der Waals surface area contributed by atoms with Gasteiger partial charge in [0.2, 0.25) is 0 Å². The Bertz CT molecular complexity index is 149. The highest BCUT2D eigenvalue weighted by Crippen LogP contribution is 2.67. The third kappa shape index (κ3) is 1.63. The van der Waals surface area contributed by atoms with E-state index in [0.29, 0.717) is 10.8 Å². The van der Waals surface area contributed by atoms with Gasteiger partial charge in [-0.3, -0.25) is 0 Å². The number of hydrogen-bond donors (Lipinski definition) is 0. The first-order chi connectivity index (χ1) is 4.93. The lowest BCUT2D eigenvalue weighted by molar-refractivity contribution is 0.348. The fourth-order valence-electron chi connectivity index (χ4n) is 2.21. The first-order valence-electron chi connectivity index (χ1n) is 4.49. The Hall–Kier alpha value is 0.480. The van der Waals surface area contributed by atoms with Crippen molar-refractivity contribution < 1.29 is 0 Å². The summed E-state index contributed by atoms with van der Waals surface area (Å²) in [7, 11) is 0. The molecule has 0 aromatic rings. The summed E-state index contributed by atoms with van der Waals surface area (Å²) in [6, 6.07) is 0. The largest absolute Gasteiger partial charge is 0.0922 e. The van der Waals surface area contributed by atoms with Crippen LogP contribution < -0.4 is 0 Å². The van der Waals surface area contributed by atoms with E-state index >= 15 is 0 Å². The molecule has 11 heavy (non-hydrogen) atoms. The molecule has 0 radical (unpaired) electrons. The van der Waals surface area contributed by atoms with Gasteiger partial charge >= 0.3 is 0 Å². The van der Waals surface area contributed by atoms with Crippen molar-refractivity contribution in [3.8, 4) is 0 Å². The molecule has 0 aromatic heterocycles. The topological polar surface area (TPSA) is 0 Å². The number of halogens is 1. The fraction of sp³-hybridized carbons (Fsp3) is 1.00. The Labute approximate surface area is 78.9 Å². The molecule has 0 bridgehead atoms. The van der Waals surface area contributed by atoms with Gasteiger partial charge in [-0.1, -0.05) is 43.6 Å². The van der Waals surface area contributed by atoms with Crippen molar-refractivity contribution in [2.75, 3.05) is 5.33 Å². The maximum absolute atomic E-state index is 3.64. The van der Waals surface area contributed by atoms with Gasteiger partial charge < -0.3 is 0 Å². The number of hydrogen-bond acceptors (Lipinski definition) is 0. The van der Waals surface area contributed by atoms with Crippen LogP contribution in [-0.2, 0) is 0 Å². The standard InChI is InChI=1S/C10H19Br/c1-8(2)5-10(7-11)6-9(10,3)4/h8H,5-7H2,1-4H3. The van der Waals surface area contributed by atoms with E-state index in [2.05, 4.69) is 43.6 Å². The maximum atomic E-state index is 3.64. The van der Waals surface area contributed by atoms with Gasteiger partial charge in [-0.05, 0) is 29.6 Å². The van der Waals surface area contributed by atoms with Gasteiger partial charge in [0, 0.05) is 5.33 Å². The Morgan fingerprint density at radius 1 is 1.36 bits per heavy atom. The predicted molar refractivity (Wildman–Crippen MR) is 54.1 cm³/mol. The van der Waals surface area contributed by atoms with Gasteiger partial charge in [0.1, 0.15) is 0 Å². The summed E-state index contributed by atoms with van der Waals surface area (Å²) in [6.45, 7) is 9.41. The van der Waals surface area contributed by atoms with Crippen LogP contribution in [0.3, 0.4) is 0 Å². The molecular formula is C10H19Br. The maximum Gasteiger partial charge on any atom is 0.00933 e. The Kier molecular flexibility index (Phi) is 2.40. The van der Waals surface area contributed by atoms with Gasteiger partial charge in [0.15, 0.2) is 0 Å². The summed E-state index contributed by atoms with van der Waals surface area (Å²) in [5.41, 5.74) is 1.22. The van der Waals surface area contributed by atoms with Crippen LogP contribution in [0.15, 0.2) is 0 Å². The lowest BCUT2D eigenvalue weighted by atomic mass is 9.89. The lowest BCUT2D eigenvalue weighted by Gasteiger charge is -2.19. The molecule has 1 atom stereocenters. The summed E-state index contributed by atoms with van der Waals surface area (Å²) < 4.78 is 0. The molecule has 1 saturated carbocycles. The van der Waals surface area contributed by atoms with E-state index < -0.39 is 0 Å². The second-order valence-electron chi connectivity index (χ2n) is 5.07. The molecule has 0 amide bonds. The first kappa shape index (κ1) is 9.57. The Morgan fingerprint density at radius 3 is 1.91 bits per heavy atom. The van der Waals surface area contributed by atoms with E-state index in [1.165, 1.54) is 18.2 Å². The van der Waals surface area contributed by atoms with Gasteiger partial charge in [-0.25, -0.2) is 0 Å². The van der Waals surface area contributed by atoms with E-state index in [1.807, 2.05) is 0 Å². The summed E-state index contributed by atoms with van der Waals surface area (Å²) in [4.78, 5) is 0. The third-order valence-electron chi connectivity index (χ3n) is 3.15. The average Bonchev–Trinajstić information content (AvgIpc) is 2.33. The van der Waals surface area contributed by atoms with Crippen molar-refractivity contribution in [1.82, 2.24) is 0 Å². The minimum Gasteiger partial charge on any atom is -0.0922 e. The first-order valence-corrected chi connectivity index (χ1v) is 5.62. The van der Waals surface area contributed by atoms with E-state index in [-0.39, 0.29) is 0 Å². The predicted octanol–water partition coefficient (Wildman–Crippen LogP) is 3.84. The molecule has 1 aliphatic carbocycles. The van der Waals surface area contributed by atoms with E-state index in [4.69, 9.17) is 0 Å². The average molecular weight is 219 g/mol.